The van der Waals surface area contributed by atoms with Gasteiger partial charge >= 0.3 is 0 Å². The van der Waals surface area contributed by atoms with Gasteiger partial charge in [-0.1, -0.05) is 23.8 Å². The molecule has 0 saturated carbocycles. The molecule has 0 radical (unpaired) electrons. The molecule has 1 aromatic heterocycles. The zero-order valence-electron chi connectivity index (χ0n) is 13.7. The van der Waals surface area contributed by atoms with Crippen molar-refractivity contribution >= 4 is 35.3 Å². The molecule has 0 aliphatic carbocycles. The van der Waals surface area contributed by atoms with E-state index in [-0.39, 0.29) is 24.4 Å². The van der Waals surface area contributed by atoms with Gasteiger partial charge < -0.3 is 15.0 Å². The van der Waals surface area contributed by atoms with Crippen LogP contribution in [0.2, 0.25) is 0 Å². The topological polar surface area (TPSA) is 41.6 Å². The predicted molar refractivity (Wildman–Crippen MR) is 101 cm³/mol. The highest BCUT2D eigenvalue weighted by Gasteiger charge is 2.22. The first-order chi connectivity index (χ1) is 11.2. The lowest BCUT2D eigenvalue weighted by Gasteiger charge is -2.27. The summed E-state index contributed by atoms with van der Waals surface area (Å²) in [5, 5.41) is 5.40. The second kappa shape index (κ2) is 9.18. The summed E-state index contributed by atoms with van der Waals surface area (Å²) in [6.45, 7) is 4.81. The fraction of sp³-hybridized carbons (Fsp3) is 0.389. The van der Waals surface area contributed by atoms with Gasteiger partial charge in [-0.15, -0.1) is 23.7 Å². The molecule has 1 aliphatic rings. The summed E-state index contributed by atoms with van der Waals surface area (Å²) in [4.78, 5) is 15.9. The third kappa shape index (κ3) is 5.05. The van der Waals surface area contributed by atoms with Crippen LogP contribution in [0, 0.1) is 6.92 Å². The molecule has 1 aliphatic heterocycles. The minimum Gasteiger partial charge on any atom is -0.378 e. The van der Waals surface area contributed by atoms with Crippen LogP contribution < -0.4 is 10.2 Å². The quantitative estimate of drug-likeness (QED) is 0.881. The van der Waals surface area contributed by atoms with Gasteiger partial charge in [0.15, 0.2) is 0 Å². The molecule has 1 amide bonds. The standard InChI is InChI=1S/C18H22N2O2S.ClH/c1-14-4-6-16(7-5-14)20(12-17-3-2-10-23-17)18(21)11-15-13-22-9-8-19-15;/h2-7,10,15,19H,8-9,11-13H2,1H3;1H. The van der Waals surface area contributed by atoms with Crippen molar-refractivity contribution in [3.05, 3.63) is 52.2 Å². The molecule has 0 bridgehead atoms. The Morgan fingerprint density at radius 1 is 1.33 bits per heavy atom. The molecular weight excluding hydrogens is 344 g/mol. The number of amides is 1. The SMILES string of the molecule is Cc1ccc(N(Cc2cccs2)C(=O)CC2COCCN2)cc1.Cl. The number of halogens is 1. The van der Waals surface area contributed by atoms with Gasteiger partial charge in [0.2, 0.25) is 5.91 Å². The third-order valence-corrected chi connectivity index (χ3v) is 4.82. The zero-order valence-corrected chi connectivity index (χ0v) is 15.4. The molecule has 1 fully saturated rings. The fourth-order valence-electron chi connectivity index (χ4n) is 2.68. The summed E-state index contributed by atoms with van der Waals surface area (Å²) in [6, 6.07) is 12.3. The number of thiophene rings is 1. The molecule has 24 heavy (non-hydrogen) atoms. The van der Waals surface area contributed by atoms with E-state index in [0.29, 0.717) is 19.6 Å². The Labute approximate surface area is 153 Å². The second-order valence-corrected chi connectivity index (χ2v) is 6.86. The van der Waals surface area contributed by atoms with Crippen LogP contribution in [0.5, 0.6) is 0 Å². The van der Waals surface area contributed by atoms with Crippen LogP contribution in [0.1, 0.15) is 16.9 Å². The van der Waals surface area contributed by atoms with Gasteiger partial charge in [0.25, 0.3) is 0 Å². The number of carbonyl (C=O) groups is 1. The molecule has 3 rings (SSSR count). The van der Waals surface area contributed by atoms with Crippen LogP contribution >= 0.6 is 23.7 Å². The molecule has 130 valence electrons. The van der Waals surface area contributed by atoms with Crippen molar-refractivity contribution in [1.82, 2.24) is 5.32 Å². The molecular formula is C18H23ClN2O2S. The van der Waals surface area contributed by atoms with E-state index in [1.165, 1.54) is 10.4 Å². The molecule has 1 saturated heterocycles. The lowest BCUT2D eigenvalue weighted by atomic mass is 10.1. The van der Waals surface area contributed by atoms with Gasteiger partial charge in [0.1, 0.15) is 0 Å². The number of aryl methyl sites for hydroxylation is 1. The lowest BCUT2D eigenvalue weighted by Crippen LogP contribution is -2.45. The van der Waals surface area contributed by atoms with Crippen molar-refractivity contribution in [2.24, 2.45) is 0 Å². The zero-order chi connectivity index (χ0) is 16.1. The molecule has 1 unspecified atom stereocenters. The molecule has 6 heteroatoms. The van der Waals surface area contributed by atoms with Crippen LogP contribution in [0.25, 0.3) is 0 Å². The highest BCUT2D eigenvalue weighted by atomic mass is 35.5. The van der Waals surface area contributed by atoms with E-state index in [4.69, 9.17) is 4.74 Å². The first-order valence-electron chi connectivity index (χ1n) is 7.93. The van der Waals surface area contributed by atoms with Crippen LogP contribution in [0.15, 0.2) is 41.8 Å². The summed E-state index contributed by atoms with van der Waals surface area (Å²) in [5.41, 5.74) is 2.14. The van der Waals surface area contributed by atoms with Gasteiger partial charge in [0, 0.05) is 29.6 Å². The van der Waals surface area contributed by atoms with Crippen LogP contribution in [0.3, 0.4) is 0 Å². The molecule has 1 aromatic carbocycles. The van der Waals surface area contributed by atoms with Gasteiger partial charge in [-0.25, -0.2) is 0 Å². The van der Waals surface area contributed by atoms with E-state index in [2.05, 4.69) is 18.3 Å². The van der Waals surface area contributed by atoms with E-state index < -0.39 is 0 Å². The highest BCUT2D eigenvalue weighted by molar-refractivity contribution is 7.09. The summed E-state index contributed by atoms with van der Waals surface area (Å²) >= 11 is 1.68. The highest BCUT2D eigenvalue weighted by Crippen LogP contribution is 2.22. The number of benzene rings is 1. The summed E-state index contributed by atoms with van der Waals surface area (Å²) < 4.78 is 5.46. The van der Waals surface area contributed by atoms with Crippen molar-refractivity contribution in [3.63, 3.8) is 0 Å². The van der Waals surface area contributed by atoms with Crippen molar-refractivity contribution in [1.29, 1.82) is 0 Å². The minimum absolute atomic E-state index is 0. The number of morpholine rings is 1. The van der Waals surface area contributed by atoms with Crippen molar-refractivity contribution < 1.29 is 9.53 Å². The number of carbonyl (C=O) groups excluding carboxylic acids is 1. The largest absolute Gasteiger partial charge is 0.378 e. The Morgan fingerprint density at radius 3 is 2.75 bits per heavy atom. The Balaban J connectivity index is 0.00000208. The number of nitrogens with one attached hydrogen (secondary N) is 1. The fourth-order valence-corrected chi connectivity index (χ4v) is 3.37. The Kier molecular flexibility index (Phi) is 7.24. The molecule has 4 nitrogen and oxygen atoms in total. The molecule has 2 aromatic rings. The number of nitrogens with zero attached hydrogens (tertiary/aromatic N) is 1. The maximum Gasteiger partial charge on any atom is 0.228 e. The summed E-state index contributed by atoms with van der Waals surface area (Å²) in [7, 11) is 0. The number of anilines is 1. The Hall–Kier alpha value is -1.40. The van der Waals surface area contributed by atoms with E-state index in [1.807, 2.05) is 40.6 Å². The van der Waals surface area contributed by atoms with Crippen LogP contribution in [-0.2, 0) is 16.1 Å². The van der Waals surface area contributed by atoms with Gasteiger partial charge in [0.05, 0.1) is 19.8 Å². The Bertz CT molecular complexity index is 625. The minimum atomic E-state index is 0. The maximum atomic E-state index is 12.9. The second-order valence-electron chi connectivity index (χ2n) is 5.82. The number of hydrogen-bond acceptors (Lipinski definition) is 4. The van der Waals surface area contributed by atoms with Gasteiger partial charge in [-0.05, 0) is 30.5 Å². The number of rotatable bonds is 5. The van der Waals surface area contributed by atoms with E-state index in [1.54, 1.807) is 11.3 Å². The average Bonchev–Trinajstić information content (AvgIpc) is 3.08. The predicted octanol–water partition coefficient (Wildman–Crippen LogP) is 3.39. The van der Waals surface area contributed by atoms with Gasteiger partial charge in [-0.2, -0.15) is 0 Å². The third-order valence-electron chi connectivity index (χ3n) is 3.96. The first-order valence-corrected chi connectivity index (χ1v) is 8.81. The normalized spacial score (nSPS) is 17.1. The van der Waals surface area contributed by atoms with E-state index >= 15 is 0 Å². The van der Waals surface area contributed by atoms with Gasteiger partial charge in [-0.3, -0.25) is 4.79 Å². The molecule has 1 atom stereocenters. The summed E-state index contributed by atoms with van der Waals surface area (Å²) in [6.07, 6.45) is 0.458. The lowest BCUT2D eigenvalue weighted by molar-refractivity contribution is -0.119. The van der Waals surface area contributed by atoms with Crippen LogP contribution in [-0.4, -0.2) is 31.7 Å². The molecule has 2 heterocycles. The summed E-state index contributed by atoms with van der Waals surface area (Å²) in [5.74, 6) is 0.130. The molecule has 1 N–H and O–H groups in total. The molecule has 0 spiro atoms. The monoisotopic (exact) mass is 366 g/mol. The van der Waals surface area contributed by atoms with E-state index in [0.717, 1.165) is 18.8 Å². The number of hydrogen-bond donors (Lipinski definition) is 1. The van der Waals surface area contributed by atoms with Crippen molar-refractivity contribution in [2.75, 3.05) is 24.7 Å². The van der Waals surface area contributed by atoms with E-state index in [9.17, 15) is 4.79 Å². The smallest absolute Gasteiger partial charge is 0.228 e. The van der Waals surface area contributed by atoms with Crippen LogP contribution in [0.4, 0.5) is 5.69 Å². The maximum absolute atomic E-state index is 12.9. The van der Waals surface area contributed by atoms with Crippen molar-refractivity contribution in [3.8, 4) is 0 Å². The van der Waals surface area contributed by atoms with Crippen molar-refractivity contribution in [2.45, 2.75) is 25.9 Å². The Morgan fingerprint density at radius 2 is 2.12 bits per heavy atom. The average molecular weight is 367 g/mol. The number of ether oxygens (including phenoxy) is 1. The first kappa shape index (κ1) is 18.9.